The van der Waals surface area contributed by atoms with Crippen LogP contribution in [0, 0.1) is 12.7 Å². The summed E-state index contributed by atoms with van der Waals surface area (Å²) >= 11 is 6.27. The van der Waals surface area contributed by atoms with Crippen molar-refractivity contribution in [3.05, 3.63) is 70.7 Å². The van der Waals surface area contributed by atoms with Crippen LogP contribution < -0.4 is 10.2 Å². The molecule has 1 amide bonds. The lowest BCUT2D eigenvalue weighted by Gasteiger charge is -2.36. The van der Waals surface area contributed by atoms with E-state index in [1.165, 1.54) is 6.07 Å². The van der Waals surface area contributed by atoms with Crippen molar-refractivity contribution in [3.8, 4) is 11.3 Å². The van der Waals surface area contributed by atoms with Gasteiger partial charge in [-0.25, -0.2) is 4.39 Å². The lowest BCUT2D eigenvalue weighted by Crippen LogP contribution is -2.47. The molecule has 0 aliphatic carbocycles. The lowest BCUT2D eigenvalue weighted by atomic mass is 10.1. The highest BCUT2D eigenvalue weighted by Gasteiger charge is 2.23. The zero-order chi connectivity index (χ0) is 22.5. The Kier molecular flexibility index (Phi) is 7.07. The molecular formula is C24H26ClFN4O2. The zero-order valence-electron chi connectivity index (χ0n) is 18.0. The van der Waals surface area contributed by atoms with Crippen molar-refractivity contribution in [3.63, 3.8) is 0 Å². The lowest BCUT2D eigenvalue weighted by molar-refractivity contribution is 0.0950. The molecule has 0 unspecified atom stereocenters. The van der Waals surface area contributed by atoms with E-state index in [1.807, 2.05) is 30.3 Å². The molecule has 1 aliphatic rings. The van der Waals surface area contributed by atoms with E-state index >= 15 is 0 Å². The minimum absolute atomic E-state index is 0.177. The Balaban J connectivity index is 1.26. The van der Waals surface area contributed by atoms with Gasteiger partial charge < -0.3 is 14.7 Å². The average Bonchev–Trinajstić information content (AvgIpc) is 3.19. The van der Waals surface area contributed by atoms with Crippen molar-refractivity contribution in [1.82, 2.24) is 15.4 Å². The second kappa shape index (κ2) is 10.1. The SMILES string of the molecule is Cc1onc(-c2ccccc2Cl)c1C(=O)NCCCN1CCN(c2ccccc2F)CC1. The van der Waals surface area contributed by atoms with Crippen molar-refractivity contribution in [2.75, 3.05) is 44.2 Å². The van der Waals surface area contributed by atoms with Crippen molar-refractivity contribution in [2.24, 2.45) is 0 Å². The first-order valence-electron chi connectivity index (χ1n) is 10.8. The Bertz CT molecular complexity index is 1080. The predicted molar refractivity (Wildman–Crippen MR) is 124 cm³/mol. The number of amides is 1. The van der Waals surface area contributed by atoms with Gasteiger partial charge in [0.1, 0.15) is 22.8 Å². The molecule has 8 heteroatoms. The fraction of sp³-hybridized carbons (Fsp3) is 0.333. The number of halogens is 2. The monoisotopic (exact) mass is 456 g/mol. The summed E-state index contributed by atoms with van der Waals surface area (Å²) < 4.78 is 19.3. The second-order valence-electron chi connectivity index (χ2n) is 7.83. The number of hydrogen-bond donors (Lipinski definition) is 1. The van der Waals surface area contributed by atoms with Crippen LogP contribution in [0.2, 0.25) is 5.02 Å². The summed E-state index contributed by atoms with van der Waals surface area (Å²) in [6, 6.07) is 14.1. The van der Waals surface area contributed by atoms with Crippen LogP contribution in [-0.4, -0.2) is 55.2 Å². The summed E-state index contributed by atoms with van der Waals surface area (Å²) in [7, 11) is 0. The number of hydrogen-bond acceptors (Lipinski definition) is 5. The van der Waals surface area contributed by atoms with Gasteiger partial charge in [0.2, 0.25) is 0 Å². The van der Waals surface area contributed by atoms with Crippen molar-refractivity contribution in [2.45, 2.75) is 13.3 Å². The largest absolute Gasteiger partial charge is 0.367 e. The summed E-state index contributed by atoms with van der Waals surface area (Å²) in [6.07, 6.45) is 0.817. The molecule has 0 atom stereocenters. The molecule has 1 saturated heterocycles. The molecule has 1 aromatic heterocycles. The maximum Gasteiger partial charge on any atom is 0.257 e. The molecule has 1 N–H and O–H groups in total. The molecule has 0 bridgehead atoms. The van der Waals surface area contributed by atoms with Gasteiger partial charge in [-0.2, -0.15) is 0 Å². The van der Waals surface area contributed by atoms with Gasteiger partial charge in [0.25, 0.3) is 5.91 Å². The third-order valence-corrected chi connectivity index (χ3v) is 6.05. The molecular weight excluding hydrogens is 431 g/mol. The number of benzene rings is 2. The first-order valence-corrected chi connectivity index (χ1v) is 11.1. The maximum atomic E-state index is 14.0. The molecule has 2 heterocycles. The summed E-state index contributed by atoms with van der Waals surface area (Å²) in [5, 5.41) is 7.53. The molecule has 6 nitrogen and oxygen atoms in total. The normalized spacial score (nSPS) is 14.5. The number of nitrogens with one attached hydrogen (secondary N) is 1. The number of carbonyl (C=O) groups excluding carboxylic acids is 1. The topological polar surface area (TPSA) is 61.6 Å². The fourth-order valence-electron chi connectivity index (χ4n) is 3.99. The highest BCUT2D eigenvalue weighted by atomic mass is 35.5. The number of aromatic nitrogens is 1. The number of piperazine rings is 1. The van der Waals surface area contributed by atoms with Crippen LogP contribution in [0.5, 0.6) is 0 Å². The van der Waals surface area contributed by atoms with E-state index in [0.29, 0.717) is 39.8 Å². The minimum atomic E-state index is -0.219. The summed E-state index contributed by atoms with van der Waals surface area (Å²) in [5.74, 6) is 0.0635. The van der Waals surface area contributed by atoms with Crippen LogP contribution in [0.1, 0.15) is 22.5 Å². The number of anilines is 1. The van der Waals surface area contributed by atoms with Crippen LogP contribution in [0.15, 0.2) is 53.1 Å². The van der Waals surface area contributed by atoms with Gasteiger partial charge in [0.15, 0.2) is 0 Å². The van der Waals surface area contributed by atoms with Crippen molar-refractivity contribution < 1.29 is 13.7 Å². The van der Waals surface area contributed by atoms with Gasteiger partial charge in [-0.3, -0.25) is 9.69 Å². The minimum Gasteiger partial charge on any atom is -0.367 e. The first-order chi connectivity index (χ1) is 15.5. The quantitative estimate of drug-likeness (QED) is 0.534. The molecule has 0 saturated carbocycles. The van der Waals surface area contributed by atoms with Crippen molar-refractivity contribution in [1.29, 1.82) is 0 Å². The van der Waals surface area contributed by atoms with Gasteiger partial charge in [0, 0.05) is 38.3 Å². The van der Waals surface area contributed by atoms with Crippen molar-refractivity contribution >= 4 is 23.2 Å². The number of para-hydroxylation sites is 1. The van der Waals surface area contributed by atoms with Crippen LogP contribution in [-0.2, 0) is 0 Å². The number of nitrogens with zero attached hydrogens (tertiary/aromatic N) is 3. The molecule has 1 aliphatic heterocycles. The van der Waals surface area contributed by atoms with Gasteiger partial charge >= 0.3 is 0 Å². The average molecular weight is 457 g/mol. The van der Waals surface area contributed by atoms with E-state index in [-0.39, 0.29) is 11.7 Å². The number of aryl methyl sites for hydroxylation is 1. The fourth-order valence-corrected chi connectivity index (χ4v) is 4.22. The van der Waals surface area contributed by atoms with Gasteiger partial charge in [0.05, 0.1) is 10.7 Å². The van der Waals surface area contributed by atoms with E-state index in [4.69, 9.17) is 16.1 Å². The Morgan fingerprint density at radius 2 is 1.84 bits per heavy atom. The van der Waals surface area contributed by atoms with Crippen LogP contribution in [0.3, 0.4) is 0 Å². The highest BCUT2D eigenvalue weighted by molar-refractivity contribution is 6.33. The van der Waals surface area contributed by atoms with E-state index in [9.17, 15) is 9.18 Å². The maximum absolute atomic E-state index is 14.0. The molecule has 32 heavy (non-hydrogen) atoms. The second-order valence-corrected chi connectivity index (χ2v) is 8.24. The highest BCUT2D eigenvalue weighted by Crippen LogP contribution is 2.30. The van der Waals surface area contributed by atoms with Crippen LogP contribution >= 0.6 is 11.6 Å². The van der Waals surface area contributed by atoms with Gasteiger partial charge in [-0.05, 0) is 38.1 Å². The Morgan fingerprint density at radius 3 is 2.59 bits per heavy atom. The van der Waals surface area contributed by atoms with Crippen LogP contribution in [0.4, 0.5) is 10.1 Å². The molecule has 1 fully saturated rings. The zero-order valence-corrected chi connectivity index (χ0v) is 18.7. The van der Waals surface area contributed by atoms with E-state index in [2.05, 4.69) is 20.3 Å². The van der Waals surface area contributed by atoms with Gasteiger partial charge in [-0.15, -0.1) is 0 Å². The first kappa shape index (κ1) is 22.3. The number of rotatable bonds is 7. The Labute approximate surface area is 191 Å². The Hall–Kier alpha value is -2.90. The Morgan fingerprint density at radius 1 is 1.12 bits per heavy atom. The molecule has 0 spiro atoms. The molecule has 4 rings (SSSR count). The van der Waals surface area contributed by atoms with Crippen LogP contribution in [0.25, 0.3) is 11.3 Å². The number of carbonyl (C=O) groups is 1. The van der Waals surface area contributed by atoms with E-state index in [1.54, 1.807) is 19.1 Å². The van der Waals surface area contributed by atoms with Gasteiger partial charge in [-0.1, -0.05) is 47.1 Å². The standard InChI is InChI=1S/C24H26ClFN4O2/c1-17-22(23(28-32-17)18-7-2-3-8-19(18)25)24(31)27-11-6-12-29-13-15-30(16-14-29)21-10-5-4-9-20(21)26/h2-5,7-10H,6,11-16H2,1H3,(H,27,31). The summed E-state index contributed by atoms with van der Waals surface area (Å²) in [6.45, 7) is 6.43. The molecule has 3 aromatic rings. The molecule has 168 valence electrons. The summed E-state index contributed by atoms with van der Waals surface area (Å²) in [5.41, 5.74) is 2.20. The molecule has 2 aromatic carbocycles. The smallest absolute Gasteiger partial charge is 0.257 e. The third kappa shape index (κ3) is 4.95. The third-order valence-electron chi connectivity index (χ3n) is 5.72. The van der Waals surface area contributed by atoms with E-state index < -0.39 is 0 Å². The van der Waals surface area contributed by atoms with E-state index in [0.717, 1.165) is 39.1 Å². The summed E-state index contributed by atoms with van der Waals surface area (Å²) in [4.78, 5) is 17.2. The molecule has 0 radical (unpaired) electrons. The predicted octanol–water partition coefficient (Wildman–Crippen LogP) is 4.38.